The zero-order valence-electron chi connectivity index (χ0n) is 14.3. The van der Waals surface area contributed by atoms with E-state index in [-0.39, 0.29) is 11.5 Å². The van der Waals surface area contributed by atoms with Gasteiger partial charge in [0.05, 0.1) is 6.04 Å². The molecule has 0 aromatic heterocycles. The maximum atomic E-state index is 13.2. The van der Waals surface area contributed by atoms with Gasteiger partial charge in [0.15, 0.2) is 16.7 Å². The average Bonchev–Trinajstić information content (AvgIpc) is 2.50. The fraction of sp³-hybridized carbons (Fsp3) is 0.316. The van der Waals surface area contributed by atoms with Crippen molar-refractivity contribution in [2.75, 3.05) is 5.32 Å². The Bertz CT molecular complexity index is 721. The van der Waals surface area contributed by atoms with Crippen LogP contribution in [0, 0.1) is 11.6 Å². The summed E-state index contributed by atoms with van der Waals surface area (Å²) in [7, 11) is 0. The first-order valence-corrected chi connectivity index (χ1v) is 8.20. The maximum absolute atomic E-state index is 13.2. The quantitative estimate of drug-likeness (QED) is 0.735. The van der Waals surface area contributed by atoms with Crippen molar-refractivity contribution < 1.29 is 8.78 Å². The minimum Gasteiger partial charge on any atom is -0.356 e. The van der Waals surface area contributed by atoms with Gasteiger partial charge >= 0.3 is 0 Å². The number of benzene rings is 2. The summed E-state index contributed by atoms with van der Waals surface area (Å²) in [6.45, 7) is 8.50. The molecule has 0 aliphatic rings. The van der Waals surface area contributed by atoms with Crippen LogP contribution in [0.4, 0.5) is 14.5 Å². The molecular formula is C19H22F2N2S. The predicted molar refractivity (Wildman–Crippen MR) is 99.3 cm³/mol. The number of nitrogens with one attached hydrogen (secondary N) is 2. The molecule has 5 heteroatoms. The Balaban J connectivity index is 1.99. The fourth-order valence-corrected chi connectivity index (χ4v) is 2.59. The van der Waals surface area contributed by atoms with Crippen molar-refractivity contribution in [3.63, 3.8) is 0 Å². The molecule has 0 fully saturated rings. The lowest BCUT2D eigenvalue weighted by atomic mass is 9.86. The first kappa shape index (κ1) is 18.3. The van der Waals surface area contributed by atoms with Gasteiger partial charge in [0, 0.05) is 11.8 Å². The molecule has 0 bridgehead atoms. The first-order valence-electron chi connectivity index (χ1n) is 7.80. The standard InChI is InChI=1S/C19H22F2N2S/c1-12(13-5-7-14(8-6-13)19(2,3)4)22-18(24)23-15-9-10-16(20)17(21)11-15/h5-12H,1-4H3,(H2,22,23,24)/t12-/m0/s1. The van der Waals surface area contributed by atoms with E-state index in [0.717, 1.165) is 17.7 Å². The second-order valence-electron chi connectivity index (χ2n) is 6.82. The second-order valence-corrected chi connectivity index (χ2v) is 7.23. The molecular weight excluding hydrogens is 326 g/mol. The minimum absolute atomic E-state index is 0.00989. The number of hydrogen-bond donors (Lipinski definition) is 2. The third-order valence-electron chi connectivity index (χ3n) is 3.80. The Kier molecular flexibility index (Phi) is 5.54. The van der Waals surface area contributed by atoms with Crippen LogP contribution in [0.25, 0.3) is 0 Å². The number of anilines is 1. The molecule has 0 spiro atoms. The molecule has 0 saturated carbocycles. The summed E-state index contributed by atoms with van der Waals surface area (Å²) in [5.74, 6) is -1.79. The van der Waals surface area contributed by atoms with Crippen LogP contribution in [0.15, 0.2) is 42.5 Å². The van der Waals surface area contributed by atoms with E-state index in [4.69, 9.17) is 12.2 Å². The van der Waals surface area contributed by atoms with Gasteiger partial charge in [-0.1, -0.05) is 45.0 Å². The number of hydrogen-bond acceptors (Lipinski definition) is 1. The molecule has 0 saturated heterocycles. The van der Waals surface area contributed by atoms with E-state index in [2.05, 4.69) is 55.7 Å². The molecule has 2 aromatic rings. The van der Waals surface area contributed by atoms with E-state index in [0.29, 0.717) is 10.8 Å². The molecule has 2 nitrogen and oxygen atoms in total. The molecule has 2 rings (SSSR count). The van der Waals surface area contributed by atoms with Crippen LogP contribution in [0.2, 0.25) is 0 Å². The summed E-state index contributed by atoms with van der Waals surface area (Å²) in [5.41, 5.74) is 2.87. The van der Waals surface area contributed by atoms with Gasteiger partial charge in [-0.25, -0.2) is 8.78 Å². The van der Waals surface area contributed by atoms with Crippen LogP contribution in [0.5, 0.6) is 0 Å². The zero-order valence-corrected chi connectivity index (χ0v) is 15.1. The monoisotopic (exact) mass is 348 g/mol. The van der Waals surface area contributed by atoms with E-state index in [1.807, 2.05) is 6.92 Å². The van der Waals surface area contributed by atoms with Gasteiger partial charge in [0.2, 0.25) is 0 Å². The molecule has 0 unspecified atom stereocenters. The smallest absolute Gasteiger partial charge is 0.171 e. The van der Waals surface area contributed by atoms with Gasteiger partial charge in [0.25, 0.3) is 0 Å². The van der Waals surface area contributed by atoms with Gasteiger partial charge in [0.1, 0.15) is 0 Å². The predicted octanol–water partition coefficient (Wildman–Crippen LogP) is 5.31. The normalized spacial score (nSPS) is 12.6. The zero-order chi connectivity index (χ0) is 17.9. The highest BCUT2D eigenvalue weighted by molar-refractivity contribution is 7.80. The first-order chi connectivity index (χ1) is 11.2. The molecule has 2 aromatic carbocycles. The molecule has 0 heterocycles. The highest BCUT2D eigenvalue weighted by Gasteiger charge is 2.14. The Morgan fingerprint density at radius 3 is 2.17 bits per heavy atom. The van der Waals surface area contributed by atoms with Crippen molar-refractivity contribution in [1.29, 1.82) is 0 Å². The summed E-state index contributed by atoms with van der Waals surface area (Å²) < 4.78 is 26.1. The van der Waals surface area contributed by atoms with E-state index >= 15 is 0 Å². The van der Waals surface area contributed by atoms with Crippen LogP contribution in [-0.4, -0.2) is 5.11 Å². The lowest BCUT2D eigenvalue weighted by molar-refractivity contribution is 0.509. The van der Waals surface area contributed by atoms with Crippen LogP contribution in [-0.2, 0) is 5.41 Å². The van der Waals surface area contributed by atoms with Crippen LogP contribution < -0.4 is 10.6 Å². The number of halogens is 2. The molecule has 0 amide bonds. The average molecular weight is 348 g/mol. The van der Waals surface area contributed by atoms with Gasteiger partial charge in [-0.2, -0.15) is 0 Å². The summed E-state index contributed by atoms with van der Waals surface area (Å²) >= 11 is 5.23. The van der Waals surface area contributed by atoms with Crippen LogP contribution >= 0.6 is 12.2 Å². The van der Waals surface area contributed by atoms with Crippen LogP contribution in [0.3, 0.4) is 0 Å². The van der Waals surface area contributed by atoms with Gasteiger partial charge in [-0.3, -0.25) is 0 Å². The van der Waals surface area contributed by atoms with Gasteiger partial charge < -0.3 is 10.6 Å². The van der Waals surface area contributed by atoms with Crippen LogP contribution in [0.1, 0.15) is 44.9 Å². The second kappa shape index (κ2) is 7.26. The third-order valence-corrected chi connectivity index (χ3v) is 4.02. The Labute approximate surface area is 147 Å². The molecule has 0 radical (unpaired) electrons. The number of thiocarbonyl (C=S) groups is 1. The van der Waals surface area contributed by atoms with Crippen molar-refractivity contribution in [2.24, 2.45) is 0 Å². The third kappa shape index (κ3) is 4.74. The molecule has 128 valence electrons. The molecule has 1 atom stereocenters. The summed E-state index contributed by atoms with van der Waals surface area (Å²) in [6.07, 6.45) is 0. The van der Waals surface area contributed by atoms with E-state index in [1.54, 1.807) is 0 Å². The summed E-state index contributed by atoms with van der Waals surface area (Å²) in [4.78, 5) is 0. The molecule has 2 N–H and O–H groups in total. The summed E-state index contributed by atoms with van der Waals surface area (Å²) in [6, 6.07) is 11.9. The SMILES string of the molecule is C[C@H](NC(=S)Nc1ccc(F)c(F)c1)c1ccc(C(C)(C)C)cc1. The fourth-order valence-electron chi connectivity index (χ4n) is 2.29. The van der Waals surface area contributed by atoms with Gasteiger partial charge in [-0.05, 0) is 47.8 Å². The van der Waals surface area contributed by atoms with Crippen molar-refractivity contribution in [2.45, 2.75) is 39.2 Å². The van der Waals surface area contributed by atoms with E-state index in [1.165, 1.54) is 11.6 Å². The molecule has 0 aliphatic heterocycles. The maximum Gasteiger partial charge on any atom is 0.171 e. The van der Waals surface area contributed by atoms with Crippen molar-refractivity contribution in [1.82, 2.24) is 5.32 Å². The molecule has 24 heavy (non-hydrogen) atoms. The van der Waals surface area contributed by atoms with Crippen molar-refractivity contribution >= 4 is 23.0 Å². The lowest BCUT2D eigenvalue weighted by Crippen LogP contribution is -2.31. The van der Waals surface area contributed by atoms with Crippen molar-refractivity contribution in [3.05, 3.63) is 65.2 Å². The largest absolute Gasteiger partial charge is 0.356 e. The summed E-state index contributed by atoms with van der Waals surface area (Å²) in [5, 5.41) is 6.36. The lowest BCUT2D eigenvalue weighted by Gasteiger charge is -2.21. The van der Waals surface area contributed by atoms with E-state index in [9.17, 15) is 8.78 Å². The Hall–Kier alpha value is -2.01. The Morgan fingerprint density at radius 2 is 1.62 bits per heavy atom. The highest BCUT2D eigenvalue weighted by atomic mass is 32.1. The topological polar surface area (TPSA) is 24.1 Å². The van der Waals surface area contributed by atoms with Gasteiger partial charge in [-0.15, -0.1) is 0 Å². The molecule has 0 aliphatic carbocycles. The minimum atomic E-state index is -0.909. The number of rotatable bonds is 3. The highest BCUT2D eigenvalue weighted by Crippen LogP contribution is 2.24. The Morgan fingerprint density at radius 1 is 1.00 bits per heavy atom. The van der Waals surface area contributed by atoms with E-state index < -0.39 is 11.6 Å². The van der Waals surface area contributed by atoms with Crippen molar-refractivity contribution in [3.8, 4) is 0 Å².